The van der Waals surface area contributed by atoms with Crippen LogP contribution in [0.2, 0.25) is 10.0 Å². The Labute approximate surface area is 110 Å². The molecular formula is C13H11Cl2NO. The molecule has 2 fully saturated rings. The van der Waals surface area contributed by atoms with E-state index in [2.05, 4.69) is 6.07 Å². The van der Waals surface area contributed by atoms with Crippen molar-refractivity contribution in [3.05, 3.63) is 33.8 Å². The second-order valence-corrected chi connectivity index (χ2v) is 5.98. The average molecular weight is 268 g/mol. The normalized spacial score (nSPS) is 23.6. The molecule has 0 amide bonds. The fourth-order valence-electron chi connectivity index (χ4n) is 2.96. The van der Waals surface area contributed by atoms with E-state index < -0.39 is 5.41 Å². The average Bonchev–Trinajstić information content (AvgIpc) is 2.20. The van der Waals surface area contributed by atoms with Crippen LogP contribution in [0.3, 0.4) is 0 Å². The predicted octanol–water partition coefficient (Wildman–Crippen LogP) is 3.57. The van der Waals surface area contributed by atoms with E-state index in [1.165, 1.54) is 0 Å². The fraction of sp³-hybridized carbons (Fsp3) is 0.462. The summed E-state index contributed by atoms with van der Waals surface area (Å²) in [7, 11) is 0. The van der Waals surface area contributed by atoms with Crippen LogP contribution < -0.4 is 0 Å². The van der Waals surface area contributed by atoms with E-state index in [4.69, 9.17) is 27.9 Å². The van der Waals surface area contributed by atoms with Crippen molar-refractivity contribution in [3.8, 4) is 6.07 Å². The van der Waals surface area contributed by atoms with E-state index in [-0.39, 0.29) is 5.41 Å². The van der Waals surface area contributed by atoms with E-state index in [0.29, 0.717) is 10.0 Å². The van der Waals surface area contributed by atoms with Gasteiger partial charge in [0.05, 0.1) is 34.7 Å². The van der Waals surface area contributed by atoms with Crippen molar-refractivity contribution in [2.75, 3.05) is 13.2 Å². The lowest BCUT2D eigenvalue weighted by atomic mass is 9.50. The number of benzene rings is 1. The molecule has 1 aliphatic heterocycles. The Kier molecular flexibility index (Phi) is 2.42. The number of ether oxygens (including phenoxy) is 1. The molecule has 0 aromatic heterocycles. The van der Waals surface area contributed by atoms with Crippen LogP contribution in [0.25, 0.3) is 0 Å². The van der Waals surface area contributed by atoms with Crippen LogP contribution in [0, 0.1) is 16.7 Å². The van der Waals surface area contributed by atoms with Gasteiger partial charge in [0.25, 0.3) is 0 Å². The van der Waals surface area contributed by atoms with E-state index >= 15 is 0 Å². The minimum atomic E-state index is -0.391. The molecule has 0 atom stereocenters. The second-order valence-electron chi connectivity index (χ2n) is 5.17. The minimum absolute atomic E-state index is 0.252. The number of rotatable bonds is 1. The standard InChI is InChI=1S/C13H11Cl2NO/c14-10-2-1-9(3-11(10)15)13(6-16)4-12(5-13)7-17-8-12/h1-3H,4-5,7-8H2. The zero-order chi connectivity index (χ0) is 12.1. The van der Waals surface area contributed by atoms with Gasteiger partial charge in [0, 0.05) is 5.41 Å². The maximum absolute atomic E-state index is 9.44. The Hall–Kier alpha value is -0.750. The monoisotopic (exact) mass is 267 g/mol. The van der Waals surface area contributed by atoms with Gasteiger partial charge in [-0.25, -0.2) is 0 Å². The van der Waals surface area contributed by atoms with E-state index in [9.17, 15) is 5.26 Å². The summed E-state index contributed by atoms with van der Waals surface area (Å²) in [5.41, 5.74) is 0.840. The van der Waals surface area contributed by atoms with Crippen molar-refractivity contribution in [2.45, 2.75) is 18.3 Å². The lowest BCUT2D eigenvalue weighted by Crippen LogP contribution is -2.59. The smallest absolute Gasteiger partial charge is 0.0837 e. The van der Waals surface area contributed by atoms with Gasteiger partial charge in [-0.15, -0.1) is 0 Å². The Bertz CT molecular complexity index is 509. The zero-order valence-electron chi connectivity index (χ0n) is 9.17. The largest absolute Gasteiger partial charge is 0.380 e. The van der Waals surface area contributed by atoms with Crippen molar-refractivity contribution in [3.63, 3.8) is 0 Å². The summed E-state index contributed by atoms with van der Waals surface area (Å²) in [5.74, 6) is 0. The fourth-order valence-corrected chi connectivity index (χ4v) is 3.26. The van der Waals surface area contributed by atoms with E-state index in [1.807, 2.05) is 12.1 Å². The molecule has 1 saturated carbocycles. The van der Waals surface area contributed by atoms with Gasteiger partial charge in [0.15, 0.2) is 0 Å². The van der Waals surface area contributed by atoms with Crippen LogP contribution in [0.4, 0.5) is 0 Å². The summed E-state index contributed by atoms with van der Waals surface area (Å²) in [6.07, 6.45) is 1.74. The zero-order valence-corrected chi connectivity index (χ0v) is 10.7. The van der Waals surface area contributed by atoms with Crippen LogP contribution in [0.1, 0.15) is 18.4 Å². The minimum Gasteiger partial charge on any atom is -0.380 e. The lowest BCUT2D eigenvalue weighted by Gasteiger charge is -2.57. The topological polar surface area (TPSA) is 33.0 Å². The SMILES string of the molecule is N#CC1(c2ccc(Cl)c(Cl)c2)CC2(COC2)C1. The van der Waals surface area contributed by atoms with Crippen LogP contribution in [-0.2, 0) is 10.2 Å². The molecule has 0 N–H and O–H groups in total. The molecule has 88 valence electrons. The van der Waals surface area contributed by atoms with Crippen molar-refractivity contribution in [1.82, 2.24) is 0 Å². The second kappa shape index (κ2) is 3.62. The quantitative estimate of drug-likeness (QED) is 0.780. The third-order valence-corrected chi connectivity index (χ3v) is 4.60. The Balaban J connectivity index is 1.92. The summed E-state index contributed by atoms with van der Waals surface area (Å²) in [6, 6.07) is 7.93. The molecule has 3 rings (SSSR count). The summed E-state index contributed by atoms with van der Waals surface area (Å²) in [6.45, 7) is 1.58. The number of hydrogen-bond acceptors (Lipinski definition) is 2. The number of nitriles is 1. The highest BCUT2D eigenvalue weighted by Crippen LogP contribution is 2.59. The molecule has 1 spiro atoms. The lowest BCUT2D eigenvalue weighted by molar-refractivity contribution is -0.178. The first-order valence-corrected chi connectivity index (χ1v) is 6.29. The van der Waals surface area contributed by atoms with Gasteiger partial charge in [-0.05, 0) is 30.5 Å². The van der Waals surface area contributed by atoms with Crippen molar-refractivity contribution >= 4 is 23.2 Å². The van der Waals surface area contributed by atoms with Crippen molar-refractivity contribution < 1.29 is 4.74 Å². The first kappa shape index (κ1) is 11.3. The summed E-state index contributed by atoms with van der Waals surface area (Å²) < 4.78 is 5.24. The Morgan fingerprint density at radius 2 is 1.88 bits per heavy atom. The molecule has 1 saturated heterocycles. The number of halogens is 2. The molecule has 1 aromatic carbocycles. The van der Waals surface area contributed by atoms with Gasteiger partial charge < -0.3 is 4.74 Å². The van der Waals surface area contributed by atoms with Crippen LogP contribution in [0.5, 0.6) is 0 Å². The number of nitrogens with zero attached hydrogens (tertiary/aromatic N) is 1. The molecular weight excluding hydrogens is 257 g/mol. The molecule has 0 bridgehead atoms. The van der Waals surface area contributed by atoms with Gasteiger partial charge in [0.2, 0.25) is 0 Å². The van der Waals surface area contributed by atoms with Crippen molar-refractivity contribution in [1.29, 1.82) is 5.26 Å². The maximum atomic E-state index is 9.44. The highest BCUT2D eigenvalue weighted by atomic mass is 35.5. The van der Waals surface area contributed by atoms with Crippen LogP contribution in [0.15, 0.2) is 18.2 Å². The molecule has 1 aromatic rings. The Morgan fingerprint density at radius 3 is 2.35 bits per heavy atom. The van der Waals surface area contributed by atoms with Gasteiger partial charge in [-0.3, -0.25) is 0 Å². The first-order valence-electron chi connectivity index (χ1n) is 5.54. The van der Waals surface area contributed by atoms with Crippen LogP contribution in [-0.4, -0.2) is 13.2 Å². The molecule has 2 nitrogen and oxygen atoms in total. The predicted molar refractivity (Wildman–Crippen MR) is 66.2 cm³/mol. The molecule has 2 aliphatic rings. The highest BCUT2D eigenvalue weighted by molar-refractivity contribution is 6.42. The first-order chi connectivity index (χ1) is 8.09. The Morgan fingerprint density at radius 1 is 1.18 bits per heavy atom. The van der Waals surface area contributed by atoms with Crippen molar-refractivity contribution in [2.24, 2.45) is 5.41 Å². The summed E-state index contributed by atoms with van der Waals surface area (Å²) >= 11 is 11.9. The molecule has 0 radical (unpaired) electrons. The van der Waals surface area contributed by atoms with Gasteiger partial charge in [-0.2, -0.15) is 5.26 Å². The molecule has 17 heavy (non-hydrogen) atoms. The summed E-state index contributed by atoms with van der Waals surface area (Å²) in [5, 5.41) is 10.5. The molecule has 1 aliphatic carbocycles. The van der Waals surface area contributed by atoms with Gasteiger partial charge in [-0.1, -0.05) is 29.3 Å². The van der Waals surface area contributed by atoms with E-state index in [0.717, 1.165) is 31.6 Å². The maximum Gasteiger partial charge on any atom is 0.0837 e. The third kappa shape index (κ3) is 1.57. The third-order valence-electron chi connectivity index (χ3n) is 3.86. The molecule has 4 heteroatoms. The highest BCUT2D eigenvalue weighted by Gasteiger charge is 2.59. The summed E-state index contributed by atoms with van der Waals surface area (Å²) in [4.78, 5) is 0. The van der Waals surface area contributed by atoms with Gasteiger partial charge >= 0.3 is 0 Å². The number of hydrogen-bond donors (Lipinski definition) is 0. The van der Waals surface area contributed by atoms with E-state index in [1.54, 1.807) is 6.07 Å². The molecule has 0 unspecified atom stereocenters. The molecule has 1 heterocycles. The van der Waals surface area contributed by atoms with Crippen LogP contribution >= 0.6 is 23.2 Å². The van der Waals surface area contributed by atoms with Gasteiger partial charge in [0.1, 0.15) is 0 Å².